The molecule has 4 nitrogen and oxygen atoms in total. The molecule has 0 radical (unpaired) electrons. The van der Waals surface area contributed by atoms with Gasteiger partial charge < -0.3 is 14.4 Å². The lowest BCUT2D eigenvalue weighted by molar-refractivity contribution is 0.0693. The molecule has 2 aromatic carbocycles. The molecule has 6 heteroatoms. The Hall–Kier alpha value is -2.47. The molecule has 0 amide bonds. The average molecular weight is 331 g/mol. The van der Waals surface area contributed by atoms with Gasteiger partial charge in [-0.15, -0.1) is 0 Å². The van der Waals surface area contributed by atoms with Crippen LogP contribution in [0.5, 0.6) is 0 Å². The van der Waals surface area contributed by atoms with Gasteiger partial charge in [0.1, 0.15) is 11.6 Å². The third kappa shape index (κ3) is 2.17. The van der Waals surface area contributed by atoms with Crippen LogP contribution in [-0.4, -0.2) is 28.9 Å². The van der Waals surface area contributed by atoms with E-state index in [1.165, 1.54) is 12.1 Å². The molecule has 0 atom stereocenters. The van der Waals surface area contributed by atoms with Gasteiger partial charge in [0.05, 0.1) is 16.6 Å². The number of halogens is 2. The molecule has 1 aliphatic heterocycles. The molecule has 24 heavy (non-hydrogen) atoms. The number of hydrogen-bond donors (Lipinski definition) is 1. The number of rotatable bonds is 2. The van der Waals surface area contributed by atoms with E-state index < -0.39 is 17.6 Å². The fraction of sp³-hybridized carbons (Fsp3) is 0.278. The highest BCUT2D eigenvalue weighted by molar-refractivity contribution is 6.10. The number of aromatic carboxylic acids is 1. The summed E-state index contributed by atoms with van der Waals surface area (Å²) < 4.78 is 36.3. The summed E-state index contributed by atoms with van der Waals surface area (Å²) in [6, 6.07) is 7.01. The predicted octanol–water partition coefficient (Wildman–Crippen LogP) is 4.12. The smallest absolute Gasteiger partial charge is 0.335 e. The van der Waals surface area contributed by atoms with E-state index in [1.54, 1.807) is 12.1 Å². The molecular weight excluding hydrogens is 316 g/mol. The summed E-state index contributed by atoms with van der Waals surface area (Å²) in [5.41, 5.74) is 0.856. The lowest BCUT2D eigenvalue weighted by Gasteiger charge is -2.25. The van der Waals surface area contributed by atoms with Crippen molar-refractivity contribution in [1.82, 2.24) is 4.57 Å². The van der Waals surface area contributed by atoms with Crippen molar-refractivity contribution in [3.8, 4) is 0 Å². The number of benzene rings is 2. The molecule has 124 valence electrons. The Labute approximate surface area is 136 Å². The second-order valence-corrected chi connectivity index (χ2v) is 6.00. The van der Waals surface area contributed by atoms with E-state index in [0.29, 0.717) is 37.1 Å². The summed E-state index contributed by atoms with van der Waals surface area (Å²) in [6.45, 7) is 1.14. The molecule has 4 rings (SSSR count). The Kier molecular flexibility index (Phi) is 3.49. The number of nitrogens with zero attached hydrogens (tertiary/aromatic N) is 1. The highest BCUT2D eigenvalue weighted by Gasteiger charge is 2.25. The highest BCUT2D eigenvalue weighted by atomic mass is 19.1. The standard InChI is InChI=1S/C18H15F2NO3/c19-12-2-1-3-14-16(12)17-13(20)8-10(18(22)23)9-15(17)21(14)11-4-6-24-7-5-11/h1-3,8-9,11H,4-7H2,(H,22,23). The number of aromatic nitrogens is 1. The zero-order valence-electron chi connectivity index (χ0n) is 12.8. The third-order valence-corrected chi connectivity index (χ3v) is 4.63. The van der Waals surface area contributed by atoms with Crippen LogP contribution in [0.1, 0.15) is 29.2 Å². The van der Waals surface area contributed by atoms with Gasteiger partial charge in [0.15, 0.2) is 0 Å². The summed E-state index contributed by atoms with van der Waals surface area (Å²) in [5, 5.41) is 9.57. The zero-order valence-corrected chi connectivity index (χ0v) is 12.8. The van der Waals surface area contributed by atoms with Crippen molar-refractivity contribution in [2.24, 2.45) is 0 Å². The SMILES string of the molecule is O=C(O)c1cc(F)c2c3c(F)cccc3n(C3CCOCC3)c2c1. The Morgan fingerprint density at radius 3 is 2.50 bits per heavy atom. The molecule has 0 bridgehead atoms. The van der Waals surface area contributed by atoms with Gasteiger partial charge in [-0.2, -0.15) is 0 Å². The molecule has 0 unspecified atom stereocenters. The van der Waals surface area contributed by atoms with Gasteiger partial charge in [-0.3, -0.25) is 0 Å². The molecule has 1 N–H and O–H groups in total. The molecule has 3 aromatic rings. The normalized spacial score (nSPS) is 16.1. The number of carboxylic acid groups (broad SMARTS) is 1. The summed E-state index contributed by atoms with van der Waals surface area (Å²) in [5.74, 6) is -2.43. The summed E-state index contributed by atoms with van der Waals surface area (Å²) in [4.78, 5) is 11.3. The van der Waals surface area contributed by atoms with Crippen molar-refractivity contribution in [1.29, 1.82) is 0 Å². The molecule has 0 saturated carbocycles. The van der Waals surface area contributed by atoms with E-state index in [2.05, 4.69) is 0 Å². The predicted molar refractivity (Wildman–Crippen MR) is 85.4 cm³/mol. The topological polar surface area (TPSA) is 51.5 Å². The van der Waals surface area contributed by atoms with Crippen molar-refractivity contribution in [3.05, 3.63) is 47.5 Å². The van der Waals surface area contributed by atoms with Crippen molar-refractivity contribution in [3.63, 3.8) is 0 Å². The lowest BCUT2D eigenvalue weighted by atomic mass is 10.1. The molecular formula is C18H15F2NO3. The first kappa shape index (κ1) is 15.1. The van der Waals surface area contributed by atoms with Crippen molar-refractivity contribution >= 4 is 27.8 Å². The lowest BCUT2D eigenvalue weighted by Crippen LogP contribution is -2.19. The molecule has 0 aliphatic carbocycles. The molecule has 0 spiro atoms. The van der Waals surface area contributed by atoms with Gasteiger partial charge in [-0.25, -0.2) is 13.6 Å². The second-order valence-electron chi connectivity index (χ2n) is 6.00. The van der Waals surface area contributed by atoms with Crippen LogP contribution in [0.4, 0.5) is 8.78 Å². The van der Waals surface area contributed by atoms with E-state index in [9.17, 15) is 18.7 Å². The van der Waals surface area contributed by atoms with Gasteiger partial charge in [0, 0.05) is 30.0 Å². The number of fused-ring (bicyclic) bond motifs is 3. The summed E-state index contributed by atoms with van der Waals surface area (Å²) in [7, 11) is 0. The number of ether oxygens (including phenoxy) is 1. The summed E-state index contributed by atoms with van der Waals surface area (Å²) >= 11 is 0. The first-order chi connectivity index (χ1) is 11.6. The number of carbonyl (C=O) groups is 1. The van der Waals surface area contributed by atoms with E-state index in [4.69, 9.17) is 4.74 Å². The average Bonchev–Trinajstić information content (AvgIpc) is 2.91. The van der Waals surface area contributed by atoms with Crippen LogP contribution in [0.3, 0.4) is 0 Å². The molecule has 1 aliphatic rings. The van der Waals surface area contributed by atoms with Gasteiger partial charge in [0.25, 0.3) is 0 Å². The van der Waals surface area contributed by atoms with Gasteiger partial charge in [0.2, 0.25) is 0 Å². The Morgan fingerprint density at radius 1 is 1.08 bits per heavy atom. The Morgan fingerprint density at radius 2 is 1.79 bits per heavy atom. The van der Waals surface area contributed by atoms with Gasteiger partial charge in [-0.05, 0) is 37.1 Å². The maximum absolute atomic E-state index is 14.6. The Balaban J connectivity index is 2.13. The molecule has 1 aromatic heterocycles. The summed E-state index contributed by atoms with van der Waals surface area (Å²) in [6.07, 6.45) is 1.43. The minimum atomic E-state index is -1.21. The van der Waals surface area contributed by atoms with Gasteiger partial charge in [-0.1, -0.05) is 6.07 Å². The van der Waals surface area contributed by atoms with Crippen LogP contribution >= 0.6 is 0 Å². The second kappa shape index (κ2) is 5.56. The monoisotopic (exact) mass is 331 g/mol. The maximum atomic E-state index is 14.6. The quantitative estimate of drug-likeness (QED) is 0.768. The van der Waals surface area contributed by atoms with Crippen LogP contribution in [0.25, 0.3) is 21.8 Å². The van der Waals surface area contributed by atoms with Crippen LogP contribution in [0, 0.1) is 11.6 Å². The maximum Gasteiger partial charge on any atom is 0.335 e. The van der Waals surface area contributed by atoms with Crippen LogP contribution in [0.2, 0.25) is 0 Å². The molecule has 1 saturated heterocycles. The Bertz CT molecular complexity index is 958. The number of hydrogen-bond acceptors (Lipinski definition) is 2. The third-order valence-electron chi connectivity index (χ3n) is 4.63. The van der Waals surface area contributed by atoms with E-state index in [0.717, 1.165) is 6.07 Å². The zero-order chi connectivity index (χ0) is 16.8. The van der Waals surface area contributed by atoms with Crippen molar-refractivity contribution in [2.45, 2.75) is 18.9 Å². The highest BCUT2D eigenvalue weighted by Crippen LogP contribution is 2.38. The van der Waals surface area contributed by atoms with E-state index in [-0.39, 0.29) is 22.4 Å². The largest absolute Gasteiger partial charge is 0.478 e. The van der Waals surface area contributed by atoms with Crippen molar-refractivity contribution < 1.29 is 23.4 Å². The minimum Gasteiger partial charge on any atom is -0.478 e. The van der Waals surface area contributed by atoms with Crippen LogP contribution in [-0.2, 0) is 4.74 Å². The van der Waals surface area contributed by atoms with E-state index in [1.807, 2.05) is 4.57 Å². The minimum absolute atomic E-state index is 0.0176. The van der Waals surface area contributed by atoms with Crippen LogP contribution < -0.4 is 0 Å². The number of carboxylic acids is 1. The molecule has 2 heterocycles. The van der Waals surface area contributed by atoms with Gasteiger partial charge >= 0.3 is 5.97 Å². The van der Waals surface area contributed by atoms with E-state index >= 15 is 0 Å². The first-order valence-corrected chi connectivity index (χ1v) is 7.80. The van der Waals surface area contributed by atoms with Crippen molar-refractivity contribution in [2.75, 3.05) is 13.2 Å². The fourth-order valence-electron chi connectivity index (χ4n) is 3.58. The molecule has 1 fully saturated rings. The first-order valence-electron chi connectivity index (χ1n) is 7.80. The van der Waals surface area contributed by atoms with Crippen LogP contribution in [0.15, 0.2) is 30.3 Å². The fourth-order valence-corrected chi connectivity index (χ4v) is 3.58.